The Hall–Kier alpha value is -1.97. The Morgan fingerprint density at radius 1 is 1.44 bits per heavy atom. The Bertz CT molecular complexity index is 423. The number of esters is 1. The molecule has 1 aromatic carbocycles. The summed E-state index contributed by atoms with van der Waals surface area (Å²) in [5, 5.41) is 0. The van der Waals surface area contributed by atoms with Crippen LogP contribution < -0.4 is 9.47 Å². The molecule has 4 nitrogen and oxygen atoms in total. The van der Waals surface area contributed by atoms with E-state index in [-0.39, 0.29) is 19.2 Å². The fourth-order valence-corrected chi connectivity index (χ4v) is 1.39. The first-order chi connectivity index (χ1) is 7.79. The monoisotopic (exact) mass is 220 g/mol. The molecule has 84 valence electrons. The smallest absolute Gasteiger partial charge is 0.309 e. The standard InChI is InChI=1S/C12H12O4/c1-14-12(13)4-2-3-9-5-6-10-11(7-9)16-8-15-10/h2-3,5-7H,4,8H2,1H3. The number of benzene rings is 1. The minimum Gasteiger partial charge on any atom is -0.469 e. The van der Waals surface area contributed by atoms with Gasteiger partial charge in [0.05, 0.1) is 13.5 Å². The predicted octanol–water partition coefficient (Wildman–Crippen LogP) is 1.99. The van der Waals surface area contributed by atoms with Gasteiger partial charge in [0, 0.05) is 0 Å². The molecule has 0 N–H and O–H groups in total. The molecule has 0 saturated heterocycles. The summed E-state index contributed by atoms with van der Waals surface area (Å²) < 4.78 is 15.0. The highest BCUT2D eigenvalue weighted by molar-refractivity contribution is 5.72. The summed E-state index contributed by atoms with van der Waals surface area (Å²) in [6.07, 6.45) is 3.87. The van der Waals surface area contributed by atoms with Gasteiger partial charge in [0.2, 0.25) is 6.79 Å². The summed E-state index contributed by atoms with van der Waals surface area (Å²) in [6.45, 7) is 0.269. The van der Waals surface area contributed by atoms with E-state index < -0.39 is 0 Å². The number of carbonyl (C=O) groups excluding carboxylic acids is 1. The SMILES string of the molecule is COC(=O)CC=Cc1ccc2c(c1)OCO2. The summed E-state index contributed by atoms with van der Waals surface area (Å²) in [6, 6.07) is 5.62. The van der Waals surface area contributed by atoms with Gasteiger partial charge in [-0.15, -0.1) is 0 Å². The Kier molecular flexibility index (Phi) is 3.10. The van der Waals surface area contributed by atoms with Crippen LogP contribution >= 0.6 is 0 Å². The van der Waals surface area contributed by atoms with Crippen molar-refractivity contribution in [3.05, 3.63) is 29.8 Å². The van der Waals surface area contributed by atoms with E-state index in [1.165, 1.54) is 7.11 Å². The van der Waals surface area contributed by atoms with Crippen molar-refractivity contribution in [2.45, 2.75) is 6.42 Å². The minimum atomic E-state index is -0.253. The molecule has 1 aliphatic rings. The quantitative estimate of drug-likeness (QED) is 0.731. The van der Waals surface area contributed by atoms with Gasteiger partial charge in [-0.05, 0) is 17.7 Å². The van der Waals surface area contributed by atoms with Crippen LogP contribution in [0.25, 0.3) is 6.08 Å². The lowest BCUT2D eigenvalue weighted by Gasteiger charge is -1.97. The van der Waals surface area contributed by atoms with Crippen molar-refractivity contribution in [2.24, 2.45) is 0 Å². The highest BCUT2D eigenvalue weighted by atomic mass is 16.7. The molecule has 1 aromatic rings. The third kappa shape index (κ3) is 2.34. The number of methoxy groups -OCH3 is 1. The van der Waals surface area contributed by atoms with E-state index in [0.29, 0.717) is 0 Å². The Morgan fingerprint density at radius 3 is 3.06 bits per heavy atom. The molecule has 0 saturated carbocycles. The number of ether oxygens (including phenoxy) is 3. The molecule has 0 atom stereocenters. The molecule has 0 amide bonds. The average molecular weight is 220 g/mol. The van der Waals surface area contributed by atoms with Crippen molar-refractivity contribution in [2.75, 3.05) is 13.9 Å². The summed E-state index contributed by atoms with van der Waals surface area (Å²) in [5.41, 5.74) is 0.966. The molecule has 1 aliphatic heterocycles. The van der Waals surface area contributed by atoms with Gasteiger partial charge in [-0.1, -0.05) is 18.2 Å². The van der Waals surface area contributed by atoms with Gasteiger partial charge in [-0.2, -0.15) is 0 Å². The number of hydrogen-bond donors (Lipinski definition) is 0. The highest BCUT2D eigenvalue weighted by Crippen LogP contribution is 2.32. The molecule has 0 fully saturated rings. The van der Waals surface area contributed by atoms with Crippen LogP contribution in [0.15, 0.2) is 24.3 Å². The lowest BCUT2D eigenvalue weighted by atomic mass is 10.2. The van der Waals surface area contributed by atoms with E-state index in [1.807, 2.05) is 24.3 Å². The second kappa shape index (κ2) is 4.70. The molecule has 0 aliphatic carbocycles. The van der Waals surface area contributed by atoms with Gasteiger partial charge in [-0.3, -0.25) is 4.79 Å². The predicted molar refractivity (Wildman–Crippen MR) is 58.2 cm³/mol. The largest absolute Gasteiger partial charge is 0.469 e. The second-order valence-electron chi connectivity index (χ2n) is 3.30. The van der Waals surface area contributed by atoms with Crippen LogP contribution in [0.2, 0.25) is 0 Å². The number of rotatable bonds is 3. The second-order valence-corrected chi connectivity index (χ2v) is 3.30. The fourth-order valence-electron chi connectivity index (χ4n) is 1.39. The Morgan fingerprint density at radius 2 is 2.25 bits per heavy atom. The van der Waals surface area contributed by atoms with Crippen molar-refractivity contribution >= 4 is 12.0 Å². The van der Waals surface area contributed by atoms with Crippen molar-refractivity contribution in [3.8, 4) is 11.5 Å². The first-order valence-corrected chi connectivity index (χ1v) is 4.92. The fraction of sp³-hybridized carbons (Fsp3) is 0.250. The average Bonchev–Trinajstić information content (AvgIpc) is 2.76. The zero-order valence-corrected chi connectivity index (χ0v) is 8.93. The zero-order chi connectivity index (χ0) is 11.4. The van der Waals surface area contributed by atoms with Gasteiger partial charge < -0.3 is 14.2 Å². The van der Waals surface area contributed by atoms with E-state index in [4.69, 9.17) is 9.47 Å². The summed E-state index contributed by atoms with van der Waals surface area (Å²) in [4.78, 5) is 10.9. The Labute approximate surface area is 93.4 Å². The Balaban J connectivity index is 2.02. The molecule has 0 unspecified atom stereocenters. The van der Waals surface area contributed by atoms with E-state index in [0.717, 1.165) is 17.1 Å². The summed E-state index contributed by atoms with van der Waals surface area (Å²) >= 11 is 0. The third-order valence-corrected chi connectivity index (χ3v) is 2.22. The van der Waals surface area contributed by atoms with Gasteiger partial charge >= 0.3 is 5.97 Å². The van der Waals surface area contributed by atoms with Crippen molar-refractivity contribution in [1.82, 2.24) is 0 Å². The first kappa shape index (κ1) is 10.5. The maximum atomic E-state index is 10.9. The van der Waals surface area contributed by atoms with Gasteiger partial charge in [0.25, 0.3) is 0 Å². The van der Waals surface area contributed by atoms with Crippen LogP contribution in [0.1, 0.15) is 12.0 Å². The third-order valence-electron chi connectivity index (χ3n) is 2.22. The normalized spacial score (nSPS) is 13.1. The molecule has 2 rings (SSSR count). The van der Waals surface area contributed by atoms with Gasteiger partial charge in [-0.25, -0.2) is 0 Å². The van der Waals surface area contributed by atoms with Gasteiger partial charge in [0.1, 0.15) is 0 Å². The molecule has 16 heavy (non-hydrogen) atoms. The molecular formula is C12H12O4. The zero-order valence-electron chi connectivity index (χ0n) is 8.93. The van der Waals surface area contributed by atoms with Crippen molar-refractivity contribution in [1.29, 1.82) is 0 Å². The van der Waals surface area contributed by atoms with Crippen LogP contribution in [-0.4, -0.2) is 19.9 Å². The van der Waals surface area contributed by atoms with Crippen LogP contribution in [-0.2, 0) is 9.53 Å². The van der Waals surface area contributed by atoms with Crippen molar-refractivity contribution in [3.63, 3.8) is 0 Å². The summed E-state index contributed by atoms with van der Waals surface area (Å²) in [7, 11) is 1.37. The van der Waals surface area contributed by atoms with Crippen LogP contribution in [0.4, 0.5) is 0 Å². The van der Waals surface area contributed by atoms with Crippen LogP contribution in [0.5, 0.6) is 11.5 Å². The lowest BCUT2D eigenvalue weighted by Crippen LogP contribution is -1.96. The van der Waals surface area contributed by atoms with Gasteiger partial charge in [0.15, 0.2) is 11.5 Å². The minimum absolute atomic E-state index is 0.253. The molecule has 4 heteroatoms. The molecule has 0 aromatic heterocycles. The van der Waals surface area contributed by atoms with Crippen molar-refractivity contribution < 1.29 is 19.0 Å². The molecule has 0 bridgehead atoms. The van der Waals surface area contributed by atoms with E-state index in [2.05, 4.69) is 4.74 Å². The van der Waals surface area contributed by atoms with E-state index in [1.54, 1.807) is 6.08 Å². The molecule has 0 radical (unpaired) electrons. The maximum Gasteiger partial charge on any atom is 0.309 e. The van der Waals surface area contributed by atoms with E-state index in [9.17, 15) is 4.79 Å². The molecular weight excluding hydrogens is 208 g/mol. The van der Waals surface area contributed by atoms with E-state index >= 15 is 0 Å². The lowest BCUT2D eigenvalue weighted by molar-refractivity contribution is -0.139. The first-order valence-electron chi connectivity index (χ1n) is 4.92. The molecule has 0 spiro atoms. The maximum absolute atomic E-state index is 10.9. The number of carbonyl (C=O) groups is 1. The highest BCUT2D eigenvalue weighted by Gasteiger charge is 2.11. The number of hydrogen-bond acceptors (Lipinski definition) is 4. The topological polar surface area (TPSA) is 44.8 Å². The van der Waals surface area contributed by atoms with Crippen LogP contribution in [0, 0.1) is 0 Å². The molecule has 1 heterocycles. The number of fused-ring (bicyclic) bond motifs is 1. The van der Waals surface area contributed by atoms with Crippen LogP contribution in [0.3, 0.4) is 0 Å². The summed E-state index contributed by atoms with van der Waals surface area (Å²) in [5.74, 6) is 1.24.